The van der Waals surface area contributed by atoms with Gasteiger partial charge in [0, 0.05) is 14.0 Å². The predicted molar refractivity (Wildman–Crippen MR) is 52.6 cm³/mol. The molecular weight excluding hydrogens is 269 g/mol. The van der Waals surface area contributed by atoms with E-state index in [0.717, 1.165) is 3.57 Å². The van der Waals surface area contributed by atoms with E-state index in [2.05, 4.69) is 32.6 Å². The molecule has 0 bridgehead atoms. The number of hydrogen-bond donors (Lipinski definition) is 0. The van der Waals surface area contributed by atoms with E-state index in [1.54, 1.807) is 18.2 Å². The van der Waals surface area contributed by atoms with Crippen LogP contribution in [-0.4, -0.2) is 5.91 Å². The van der Waals surface area contributed by atoms with E-state index in [1.165, 1.54) is 0 Å². The number of benzene rings is 1. The Morgan fingerprint density at radius 1 is 1.58 bits per heavy atom. The third-order valence-electron chi connectivity index (χ3n) is 1.21. The fourth-order valence-electron chi connectivity index (χ4n) is 0.720. The van der Waals surface area contributed by atoms with Crippen LogP contribution in [0.15, 0.2) is 29.4 Å². The van der Waals surface area contributed by atoms with Crippen molar-refractivity contribution in [3.63, 3.8) is 0 Å². The summed E-state index contributed by atoms with van der Waals surface area (Å²) in [6, 6.07) is 6.87. The first-order valence-electron chi connectivity index (χ1n) is 3.09. The third kappa shape index (κ3) is 2.21. The third-order valence-corrected chi connectivity index (χ3v) is 1.88. The molecule has 0 atom stereocenters. The molecule has 0 fully saturated rings. The van der Waals surface area contributed by atoms with E-state index in [9.17, 15) is 4.79 Å². The quantitative estimate of drug-likeness (QED) is 0.336. The van der Waals surface area contributed by atoms with Crippen LogP contribution in [0.2, 0.25) is 0 Å². The molecule has 0 aliphatic heterocycles. The highest BCUT2D eigenvalue weighted by molar-refractivity contribution is 14.1. The van der Waals surface area contributed by atoms with Crippen molar-refractivity contribution < 1.29 is 4.79 Å². The Kier molecular flexibility index (Phi) is 3.07. The van der Waals surface area contributed by atoms with Gasteiger partial charge >= 0.3 is 0 Å². The molecule has 0 heterocycles. The van der Waals surface area contributed by atoms with Crippen molar-refractivity contribution in [2.24, 2.45) is 5.11 Å². The predicted octanol–water partition coefficient (Wildman–Crippen LogP) is 2.74. The maximum Gasteiger partial charge on any atom is 0.249 e. The minimum Gasteiger partial charge on any atom is -0.287 e. The minimum absolute atomic E-state index is 0.416. The van der Waals surface area contributed by atoms with Gasteiger partial charge in [0.1, 0.15) is 0 Å². The summed E-state index contributed by atoms with van der Waals surface area (Å²) in [4.78, 5) is 13.4. The number of rotatable bonds is 1. The Balaban J connectivity index is 3.03. The van der Waals surface area contributed by atoms with Crippen molar-refractivity contribution in [3.8, 4) is 0 Å². The van der Waals surface area contributed by atoms with Crippen molar-refractivity contribution in [2.45, 2.75) is 0 Å². The van der Waals surface area contributed by atoms with E-state index in [1.807, 2.05) is 6.07 Å². The van der Waals surface area contributed by atoms with Crippen molar-refractivity contribution in [1.29, 1.82) is 0 Å². The van der Waals surface area contributed by atoms with Gasteiger partial charge in [0.25, 0.3) is 0 Å². The van der Waals surface area contributed by atoms with Crippen LogP contribution in [0.1, 0.15) is 10.4 Å². The Morgan fingerprint density at radius 2 is 2.33 bits per heavy atom. The Hall–Kier alpha value is -1.07. The first kappa shape index (κ1) is 9.02. The van der Waals surface area contributed by atoms with Crippen LogP contribution in [0, 0.1) is 3.57 Å². The fraction of sp³-hybridized carbons (Fsp3) is 0. The van der Waals surface area contributed by atoms with E-state index < -0.39 is 5.91 Å². The van der Waals surface area contributed by atoms with Gasteiger partial charge in [-0.15, -0.1) is 0 Å². The van der Waals surface area contributed by atoms with Crippen LogP contribution in [0.25, 0.3) is 10.4 Å². The molecular formula is C7H4IN3O. The molecule has 60 valence electrons. The molecule has 0 unspecified atom stereocenters. The lowest BCUT2D eigenvalue weighted by Crippen LogP contribution is -1.92. The summed E-state index contributed by atoms with van der Waals surface area (Å²) in [5.74, 6) is -0.545. The molecule has 0 saturated carbocycles. The number of carbonyl (C=O) groups is 1. The lowest BCUT2D eigenvalue weighted by molar-refractivity contribution is 0.100. The van der Waals surface area contributed by atoms with Crippen molar-refractivity contribution in [1.82, 2.24) is 0 Å². The molecule has 0 aliphatic carbocycles. The summed E-state index contributed by atoms with van der Waals surface area (Å²) >= 11 is 2.08. The molecule has 1 aromatic carbocycles. The standard InChI is InChI=1S/C7H4IN3O/c8-6-3-1-2-5(4-6)7(12)10-11-9/h1-4H. The second kappa shape index (κ2) is 4.08. The Labute approximate surface area is 82.4 Å². The van der Waals surface area contributed by atoms with Gasteiger partial charge in [0.15, 0.2) is 0 Å². The van der Waals surface area contributed by atoms with Gasteiger partial charge in [-0.2, -0.15) is 0 Å². The van der Waals surface area contributed by atoms with Crippen LogP contribution >= 0.6 is 22.6 Å². The average molecular weight is 273 g/mol. The normalized spacial score (nSPS) is 8.75. The van der Waals surface area contributed by atoms with Gasteiger partial charge < -0.3 is 0 Å². The molecule has 0 saturated heterocycles. The van der Waals surface area contributed by atoms with Crippen LogP contribution in [0.3, 0.4) is 0 Å². The zero-order valence-electron chi connectivity index (χ0n) is 5.94. The number of halogens is 1. The van der Waals surface area contributed by atoms with Crippen molar-refractivity contribution >= 4 is 28.5 Å². The lowest BCUT2D eigenvalue weighted by Gasteiger charge is -1.93. The molecule has 0 aromatic heterocycles. The molecule has 0 N–H and O–H groups in total. The van der Waals surface area contributed by atoms with Crippen molar-refractivity contribution in [3.05, 3.63) is 43.8 Å². The summed E-state index contributed by atoms with van der Waals surface area (Å²) in [5.41, 5.74) is 8.42. The van der Waals surface area contributed by atoms with Gasteiger partial charge in [-0.05, 0) is 45.4 Å². The second-order valence-corrected chi connectivity index (χ2v) is 3.25. The largest absolute Gasteiger partial charge is 0.287 e. The molecule has 0 radical (unpaired) electrons. The second-order valence-electron chi connectivity index (χ2n) is 2.00. The maximum atomic E-state index is 11.0. The summed E-state index contributed by atoms with van der Waals surface area (Å²) in [6.07, 6.45) is 0. The smallest absolute Gasteiger partial charge is 0.249 e. The highest BCUT2D eigenvalue weighted by Gasteiger charge is 2.01. The highest BCUT2D eigenvalue weighted by atomic mass is 127. The Bertz CT molecular complexity index is 357. The van der Waals surface area contributed by atoms with E-state index >= 15 is 0 Å². The molecule has 1 aromatic rings. The first-order valence-corrected chi connectivity index (χ1v) is 4.17. The van der Waals surface area contributed by atoms with Gasteiger partial charge in [-0.1, -0.05) is 12.1 Å². The van der Waals surface area contributed by atoms with E-state index in [4.69, 9.17) is 5.53 Å². The maximum absolute atomic E-state index is 11.0. The monoisotopic (exact) mass is 273 g/mol. The lowest BCUT2D eigenvalue weighted by atomic mass is 10.2. The summed E-state index contributed by atoms with van der Waals surface area (Å²) in [5, 5.41) is 2.97. The van der Waals surface area contributed by atoms with Gasteiger partial charge in [-0.3, -0.25) is 4.79 Å². The number of hydrogen-bond acceptors (Lipinski definition) is 1. The summed E-state index contributed by atoms with van der Waals surface area (Å²) in [7, 11) is 0. The average Bonchev–Trinajstić information content (AvgIpc) is 2.05. The number of nitrogens with zero attached hydrogens (tertiary/aromatic N) is 3. The SMILES string of the molecule is [N-]=[N+]=NC(=O)c1cccc(I)c1. The molecule has 1 rings (SSSR count). The Morgan fingerprint density at radius 3 is 2.92 bits per heavy atom. The number of amides is 1. The molecule has 1 amide bonds. The van der Waals surface area contributed by atoms with Crippen molar-refractivity contribution in [2.75, 3.05) is 0 Å². The van der Waals surface area contributed by atoms with Crippen LogP contribution in [0.4, 0.5) is 0 Å². The van der Waals surface area contributed by atoms with Gasteiger partial charge in [0.2, 0.25) is 5.91 Å². The molecule has 0 spiro atoms. The van der Waals surface area contributed by atoms with Crippen LogP contribution in [0.5, 0.6) is 0 Å². The molecule has 4 nitrogen and oxygen atoms in total. The topological polar surface area (TPSA) is 65.8 Å². The molecule has 0 aliphatic rings. The van der Waals surface area contributed by atoms with Crippen LogP contribution in [-0.2, 0) is 0 Å². The van der Waals surface area contributed by atoms with E-state index in [0.29, 0.717) is 5.56 Å². The minimum atomic E-state index is -0.545. The fourth-order valence-corrected chi connectivity index (χ4v) is 1.26. The molecule has 12 heavy (non-hydrogen) atoms. The van der Waals surface area contributed by atoms with Gasteiger partial charge in [0.05, 0.1) is 0 Å². The molecule has 5 heteroatoms. The number of azide groups is 1. The zero-order valence-corrected chi connectivity index (χ0v) is 8.09. The number of carbonyl (C=O) groups excluding carboxylic acids is 1. The van der Waals surface area contributed by atoms with Gasteiger partial charge in [-0.25, -0.2) is 0 Å². The summed E-state index contributed by atoms with van der Waals surface area (Å²) < 4.78 is 0.937. The first-order chi connectivity index (χ1) is 5.74. The van der Waals surface area contributed by atoms with E-state index in [-0.39, 0.29) is 0 Å². The summed E-state index contributed by atoms with van der Waals surface area (Å²) in [6.45, 7) is 0. The highest BCUT2D eigenvalue weighted by Crippen LogP contribution is 2.08. The zero-order chi connectivity index (χ0) is 8.97. The van der Waals surface area contributed by atoms with Crippen LogP contribution < -0.4 is 0 Å².